The van der Waals surface area contributed by atoms with Gasteiger partial charge >= 0.3 is 5.97 Å². The van der Waals surface area contributed by atoms with Gasteiger partial charge in [0.1, 0.15) is 0 Å². The summed E-state index contributed by atoms with van der Waals surface area (Å²) in [6.07, 6.45) is 2.62. The summed E-state index contributed by atoms with van der Waals surface area (Å²) in [6.45, 7) is 2.58. The number of aryl methyl sites for hydroxylation is 3. The fraction of sp³-hybridized carbons (Fsp3) is 0.190. The Balaban J connectivity index is 1.74. The average Bonchev–Trinajstić information content (AvgIpc) is 2.67. The first-order valence-corrected chi connectivity index (χ1v) is 9.03. The van der Waals surface area contributed by atoms with Crippen LogP contribution in [0.25, 0.3) is 0 Å². The van der Waals surface area contributed by atoms with Crippen molar-refractivity contribution in [3.8, 4) is 0 Å². The Bertz CT molecular complexity index is 942. The molecule has 0 radical (unpaired) electrons. The van der Waals surface area contributed by atoms with Crippen LogP contribution in [-0.2, 0) is 19.4 Å². The predicted octanol–water partition coefficient (Wildman–Crippen LogP) is 4.53. The molecule has 1 aromatic heterocycles. The molecule has 5 nitrogen and oxygen atoms in total. The van der Waals surface area contributed by atoms with E-state index in [2.05, 4.69) is 21.4 Å². The number of aromatic nitrogens is 2. The van der Waals surface area contributed by atoms with Crippen molar-refractivity contribution in [2.45, 2.75) is 26.3 Å². The molecule has 27 heavy (non-hydrogen) atoms. The highest BCUT2D eigenvalue weighted by Crippen LogP contribution is 2.16. The van der Waals surface area contributed by atoms with Crippen LogP contribution in [0.5, 0.6) is 0 Å². The first kappa shape index (κ1) is 18.9. The highest BCUT2D eigenvalue weighted by atomic mass is 35.5. The minimum Gasteiger partial charge on any atom is -0.478 e. The molecule has 0 bridgehead atoms. The van der Waals surface area contributed by atoms with Crippen LogP contribution in [0.3, 0.4) is 0 Å². The van der Waals surface area contributed by atoms with E-state index in [-0.39, 0.29) is 5.56 Å². The van der Waals surface area contributed by atoms with Crippen LogP contribution in [0, 0.1) is 6.92 Å². The third kappa shape index (κ3) is 5.05. The summed E-state index contributed by atoms with van der Waals surface area (Å²) in [6, 6.07) is 15.6. The van der Waals surface area contributed by atoms with Gasteiger partial charge in [-0.15, -0.1) is 0 Å². The number of halogens is 1. The van der Waals surface area contributed by atoms with Gasteiger partial charge in [0.05, 0.1) is 11.3 Å². The lowest BCUT2D eigenvalue weighted by molar-refractivity contribution is 0.0694. The summed E-state index contributed by atoms with van der Waals surface area (Å²) in [5.74, 6) is -0.603. The van der Waals surface area contributed by atoms with Crippen molar-refractivity contribution in [2.75, 3.05) is 5.32 Å². The smallest absolute Gasteiger partial charge is 0.339 e. The van der Waals surface area contributed by atoms with Gasteiger partial charge in [-0.1, -0.05) is 48.0 Å². The molecular formula is C21H20ClN3O2. The zero-order valence-electron chi connectivity index (χ0n) is 14.9. The molecule has 6 heteroatoms. The van der Waals surface area contributed by atoms with Crippen molar-refractivity contribution >= 4 is 23.5 Å². The molecule has 0 amide bonds. The Morgan fingerprint density at radius 1 is 1.11 bits per heavy atom. The summed E-state index contributed by atoms with van der Waals surface area (Å²) < 4.78 is 0. The third-order valence-electron chi connectivity index (χ3n) is 4.35. The van der Waals surface area contributed by atoms with Crippen LogP contribution in [0.4, 0.5) is 5.95 Å². The summed E-state index contributed by atoms with van der Waals surface area (Å²) >= 11 is 5.89. The Hall–Kier alpha value is -2.92. The van der Waals surface area contributed by atoms with E-state index in [1.54, 1.807) is 0 Å². The van der Waals surface area contributed by atoms with Gasteiger partial charge in [-0.3, -0.25) is 0 Å². The maximum absolute atomic E-state index is 11.5. The van der Waals surface area contributed by atoms with Gasteiger partial charge in [0, 0.05) is 17.8 Å². The monoisotopic (exact) mass is 381 g/mol. The van der Waals surface area contributed by atoms with E-state index < -0.39 is 5.97 Å². The van der Waals surface area contributed by atoms with Crippen LogP contribution in [0.15, 0.2) is 54.7 Å². The molecule has 0 fully saturated rings. The van der Waals surface area contributed by atoms with E-state index in [1.165, 1.54) is 17.3 Å². The van der Waals surface area contributed by atoms with Crippen molar-refractivity contribution in [2.24, 2.45) is 0 Å². The number of hydrogen-bond acceptors (Lipinski definition) is 4. The van der Waals surface area contributed by atoms with Crippen molar-refractivity contribution in [3.05, 3.63) is 87.7 Å². The topological polar surface area (TPSA) is 75.1 Å². The van der Waals surface area contributed by atoms with E-state index in [9.17, 15) is 9.90 Å². The molecule has 2 aromatic carbocycles. The van der Waals surface area contributed by atoms with Gasteiger partial charge in [0.15, 0.2) is 0 Å². The zero-order valence-corrected chi connectivity index (χ0v) is 15.7. The van der Waals surface area contributed by atoms with Crippen LogP contribution in [-0.4, -0.2) is 21.0 Å². The quantitative estimate of drug-likeness (QED) is 0.628. The second-order valence-corrected chi connectivity index (χ2v) is 6.70. The van der Waals surface area contributed by atoms with Gasteiger partial charge in [0.2, 0.25) is 5.95 Å². The highest BCUT2D eigenvalue weighted by molar-refractivity contribution is 6.30. The molecule has 0 spiro atoms. The second-order valence-electron chi connectivity index (χ2n) is 6.27. The molecule has 0 aliphatic rings. The normalized spacial score (nSPS) is 10.6. The van der Waals surface area contributed by atoms with E-state index in [0.29, 0.717) is 29.6 Å². The fourth-order valence-corrected chi connectivity index (χ4v) is 2.92. The first-order valence-electron chi connectivity index (χ1n) is 8.65. The van der Waals surface area contributed by atoms with E-state index in [0.717, 1.165) is 12.0 Å². The Morgan fingerprint density at radius 3 is 2.56 bits per heavy atom. The predicted molar refractivity (Wildman–Crippen MR) is 106 cm³/mol. The Kier molecular flexibility index (Phi) is 6.04. The van der Waals surface area contributed by atoms with E-state index in [4.69, 9.17) is 11.6 Å². The number of carboxylic acid groups (broad SMARTS) is 1. The molecule has 0 saturated carbocycles. The molecule has 0 unspecified atom stereocenters. The summed E-state index contributed by atoms with van der Waals surface area (Å²) in [7, 11) is 0. The van der Waals surface area contributed by atoms with E-state index in [1.807, 2.05) is 49.4 Å². The molecular weight excluding hydrogens is 362 g/mol. The third-order valence-corrected chi connectivity index (χ3v) is 4.61. The molecule has 1 heterocycles. The summed E-state index contributed by atoms with van der Waals surface area (Å²) in [5, 5.41) is 13.2. The molecule has 0 atom stereocenters. The maximum atomic E-state index is 11.5. The fourth-order valence-electron chi connectivity index (χ4n) is 2.80. The largest absolute Gasteiger partial charge is 0.478 e. The maximum Gasteiger partial charge on any atom is 0.339 e. The molecule has 0 saturated heterocycles. The van der Waals surface area contributed by atoms with Crippen LogP contribution in [0.2, 0.25) is 5.02 Å². The van der Waals surface area contributed by atoms with Crippen molar-refractivity contribution in [3.63, 3.8) is 0 Å². The standard InChI is InChI=1S/C21H20ClN3O2/c1-14-4-2-3-5-16(14)8-11-19-18(20(26)27)13-24-21(25-19)23-12-15-6-9-17(22)10-7-15/h2-7,9-10,13H,8,11-12H2,1H3,(H,26,27)(H,23,24,25). The second kappa shape index (κ2) is 8.64. The minimum atomic E-state index is -1.01. The average molecular weight is 382 g/mol. The Morgan fingerprint density at radius 2 is 1.85 bits per heavy atom. The lowest BCUT2D eigenvalue weighted by atomic mass is 10.0. The van der Waals surface area contributed by atoms with Crippen molar-refractivity contribution in [1.82, 2.24) is 9.97 Å². The SMILES string of the molecule is Cc1ccccc1CCc1nc(NCc2ccc(Cl)cc2)ncc1C(=O)O. The lowest BCUT2D eigenvalue weighted by Gasteiger charge is -2.10. The van der Waals surface area contributed by atoms with Crippen LogP contribution in [0.1, 0.15) is 32.7 Å². The number of nitrogens with zero attached hydrogens (tertiary/aromatic N) is 2. The highest BCUT2D eigenvalue weighted by Gasteiger charge is 2.14. The van der Waals surface area contributed by atoms with Crippen molar-refractivity contribution < 1.29 is 9.90 Å². The molecule has 0 aliphatic carbocycles. The van der Waals surface area contributed by atoms with Gasteiger partial charge in [-0.2, -0.15) is 0 Å². The molecule has 3 aromatic rings. The number of nitrogens with one attached hydrogen (secondary N) is 1. The van der Waals surface area contributed by atoms with Gasteiger partial charge < -0.3 is 10.4 Å². The molecule has 138 valence electrons. The zero-order chi connectivity index (χ0) is 19.2. The number of carbonyl (C=O) groups is 1. The van der Waals surface area contributed by atoms with Gasteiger partial charge in [-0.05, 0) is 48.6 Å². The number of anilines is 1. The molecule has 3 rings (SSSR count). The summed E-state index contributed by atoms with van der Waals surface area (Å²) in [5.41, 5.74) is 4.07. The Labute approximate surface area is 163 Å². The summed E-state index contributed by atoms with van der Waals surface area (Å²) in [4.78, 5) is 20.1. The van der Waals surface area contributed by atoms with Gasteiger partial charge in [-0.25, -0.2) is 14.8 Å². The number of hydrogen-bond donors (Lipinski definition) is 2. The van der Waals surface area contributed by atoms with Crippen LogP contribution >= 0.6 is 11.6 Å². The van der Waals surface area contributed by atoms with Crippen LogP contribution < -0.4 is 5.32 Å². The number of rotatable bonds is 7. The first-order chi connectivity index (χ1) is 13.0. The minimum absolute atomic E-state index is 0.139. The van der Waals surface area contributed by atoms with Crippen molar-refractivity contribution in [1.29, 1.82) is 0 Å². The lowest BCUT2D eigenvalue weighted by Crippen LogP contribution is -2.11. The number of aromatic carboxylic acids is 1. The number of benzene rings is 2. The molecule has 0 aliphatic heterocycles. The van der Waals surface area contributed by atoms with E-state index >= 15 is 0 Å². The number of carboxylic acids is 1. The molecule has 2 N–H and O–H groups in total. The van der Waals surface area contributed by atoms with Gasteiger partial charge in [0.25, 0.3) is 0 Å².